The molecule has 0 unspecified atom stereocenters. The Hall–Kier alpha value is -1.39. The summed E-state index contributed by atoms with van der Waals surface area (Å²) in [7, 11) is 0. The van der Waals surface area contributed by atoms with Crippen LogP contribution >= 0.6 is 11.3 Å². The maximum atomic E-state index is 5.65. The summed E-state index contributed by atoms with van der Waals surface area (Å²) in [6.45, 7) is 3.92. The van der Waals surface area contributed by atoms with Crippen LogP contribution in [0.5, 0.6) is 0 Å². The summed E-state index contributed by atoms with van der Waals surface area (Å²) in [6, 6.07) is 8.11. The summed E-state index contributed by atoms with van der Waals surface area (Å²) in [5, 5.41) is 6.66. The smallest absolute Gasteiger partial charge is 0.0897 e. The van der Waals surface area contributed by atoms with Crippen molar-refractivity contribution in [2.45, 2.75) is 26.3 Å². The van der Waals surface area contributed by atoms with Gasteiger partial charge in [-0.3, -0.25) is 0 Å². The third-order valence-corrected chi connectivity index (χ3v) is 3.59. The molecule has 0 radical (unpaired) electrons. The van der Waals surface area contributed by atoms with E-state index in [-0.39, 0.29) is 0 Å². The average Bonchev–Trinajstić information content (AvgIpc) is 2.77. The molecule has 0 fully saturated rings. The van der Waals surface area contributed by atoms with Crippen LogP contribution in [0.15, 0.2) is 29.6 Å². The van der Waals surface area contributed by atoms with Gasteiger partial charge in [-0.25, -0.2) is 4.98 Å². The van der Waals surface area contributed by atoms with Gasteiger partial charge in [0.15, 0.2) is 0 Å². The number of hydrogen-bond acceptors (Lipinski definition) is 4. The molecule has 0 atom stereocenters. The SMILES string of the molecule is Cc1nc(CNCCCc2ccc(N)cc2)cs1. The molecular weight excluding hydrogens is 242 g/mol. The molecule has 0 spiro atoms. The summed E-state index contributed by atoms with van der Waals surface area (Å²) >= 11 is 1.70. The fourth-order valence-corrected chi connectivity index (χ4v) is 2.42. The molecule has 2 aromatic rings. The number of aryl methyl sites for hydroxylation is 2. The fourth-order valence-electron chi connectivity index (χ4n) is 1.81. The minimum Gasteiger partial charge on any atom is -0.399 e. The number of benzene rings is 1. The molecule has 4 heteroatoms. The molecule has 18 heavy (non-hydrogen) atoms. The van der Waals surface area contributed by atoms with Gasteiger partial charge < -0.3 is 11.1 Å². The Morgan fingerprint density at radius 2 is 2.06 bits per heavy atom. The number of rotatable bonds is 6. The third-order valence-electron chi connectivity index (χ3n) is 2.77. The van der Waals surface area contributed by atoms with Gasteiger partial charge in [-0.05, 0) is 44.0 Å². The molecule has 1 aromatic carbocycles. The number of thiazole rings is 1. The minimum absolute atomic E-state index is 0.829. The maximum Gasteiger partial charge on any atom is 0.0897 e. The van der Waals surface area contributed by atoms with Gasteiger partial charge in [-0.2, -0.15) is 0 Å². The van der Waals surface area contributed by atoms with Crippen LogP contribution < -0.4 is 11.1 Å². The lowest BCUT2D eigenvalue weighted by Gasteiger charge is -2.03. The van der Waals surface area contributed by atoms with E-state index in [1.54, 1.807) is 11.3 Å². The van der Waals surface area contributed by atoms with E-state index in [1.165, 1.54) is 5.56 Å². The summed E-state index contributed by atoms with van der Waals surface area (Å²) in [6.07, 6.45) is 2.22. The number of aromatic nitrogens is 1. The molecule has 3 nitrogen and oxygen atoms in total. The lowest BCUT2D eigenvalue weighted by Crippen LogP contribution is -2.15. The van der Waals surface area contributed by atoms with Crippen molar-refractivity contribution in [3.63, 3.8) is 0 Å². The molecule has 1 aromatic heterocycles. The van der Waals surface area contributed by atoms with Gasteiger partial charge in [0.05, 0.1) is 10.7 Å². The highest BCUT2D eigenvalue weighted by Crippen LogP contribution is 2.08. The number of hydrogen-bond donors (Lipinski definition) is 2. The Morgan fingerprint density at radius 3 is 2.72 bits per heavy atom. The highest BCUT2D eigenvalue weighted by molar-refractivity contribution is 7.09. The Balaban J connectivity index is 1.63. The first-order valence-electron chi connectivity index (χ1n) is 6.20. The topological polar surface area (TPSA) is 50.9 Å². The van der Waals surface area contributed by atoms with Crippen molar-refractivity contribution in [3.05, 3.63) is 45.9 Å². The van der Waals surface area contributed by atoms with Crippen molar-refractivity contribution in [1.29, 1.82) is 0 Å². The zero-order valence-corrected chi connectivity index (χ0v) is 11.5. The number of anilines is 1. The van der Waals surface area contributed by atoms with Crippen LogP contribution in [-0.4, -0.2) is 11.5 Å². The lowest BCUT2D eigenvalue weighted by molar-refractivity contribution is 0.642. The van der Waals surface area contributed by atoms with E-state index < -0.39 is 0 Å². The van der Waals surface area contributed by atoms with E-state index >= 15 is 0 Å². The normalized spacial score (nSPS) is 10.7. The molecule has 2 rings (SSSR count). The molecule has 0 amide bonds. The molecule has 1 heterocycles. The van der Waals surface area contributed by atoms with Crippen LogP contribution in [-0.2, 0) is 13.0 Å². The van der Waals surface area contributed by atoms with Crippen LogP contribution in [0, 0.1) is 6.92 Å². The molecule has 3 N–H and O–H groups in total. The van der Waals surface area contributed by atoms with Crippen molar-refractivity contribution in [2.75, 3.05) is 12.3 Å². The van der Waals surface area contributed by atoms with Crippen molar-refractivity contribution < 1.29 is 0 Å². The standard InChI is InChI=1S/C14H19N3S/c1-11-17-14(10-18-11)9-16-8-2-3-12-4-6-13(15)7-5-12/h4-7,10,16H,2-3,8-9,15H2,1H3. The molecule has 0 bridgehead atoms. The Kier molecular flexibility index (Phi) is 4.73. The van der Waals surface area contributed by atoms with Gasteiger partial charge >= 0.3 is 0 Å². The highest BCUT2D eigenvalue weighted by atomic mass is 32.1. The quantitative estimate of drug-likeness (QED) is 0.621. The lowest BCUT2D eigenvalue weighted by atomic mass is 10.1. The third kappa shape index (κ3) is 4.13. The van der Waals surface area contributed by atoms with Crippen molar-refractivity contribution in [2.24, 2.45) is 0 Å². The molecule has 0 aliphatic carbocycles. The minimum atomic E-state index is 0.829. The molecule has 0 aliphatic heterocycles. The van der Waals surface area contributed by atoms with Crippen LogP contribution in [0.4, 0.5) is 5.69 Å². The summed E-state index contributed by atoms with van der Waals surface area (Å²) in [5.74, 6) is 0. The first kappa shape index (κ1) is 13.1. The second-order valence-corrected chi connectivity index (χ2v) is 5.44. The highest BCUT2D eigenvalue weighted by Gasteiger charge is 1.97. The average molecular weight is 261 g/mol. The maximum absolute atomic E-state index is 5.65. The second-order valence-electron chi connectivity index (χ2n) is 4.38. The molecule has 96 valence electrons. The van der Waals surface area contributed by atoms with Crippen LogP contribution in [0.2, 0.25) is 0 Å². The summed E-state index contributed by atoms with van der Waals surface area (Å²) in [5.41, 5.74) is 8.97. The number of nitrogens with one attached hydrogen (secondary N) is 1. The van der Waals surface area contributed by atoms with Crippen molar-refractivity contribution in [3.8, 4) is 0 Å². The van der Waals surface area contributed by atoms with Crippen LogP contribution in [0.3, 0.4) is 0 Å². The first-order chi connectivity index (χ1) is 8.74. The number of nitrogens with two attached hydrogens (primary N) is 1. The summed E-state index contributed by atoms with van der Waals surface area (Å²) < 4.78 is 0. The number of nitrogen functional groups attached to an aromatic ring is 1. The van der Waals surface area contributed by atoms with Crippen molar-refractivity contribution >= 4 is 17.0 Å². The largest absolute Gasteiger partial charge is 0.399 e. The molecular formula is C14H19N3S. The molecule has 0 saturated carbocycles. The van der Waals surface area contributed by atoms with Gasteiger partial charge in [0.1, 0.15) is 0 Å². The second kappa shape index (κ2) is 6.52. The van der Waals surface area contributed by atoms with Crippen LogP contribution in [0.1, 0.15) is 22.7 Å². The van der Waals surface area contributed by atoms with E-state index in [1.807, 2.05) is 19.1 Å². The first-order valence-corrected chi connectivity index (χ1v) is 7.08. The van der Waals surface area contributed by atoms with E-state index in [0.717, 1.165) is 42.3 Å². The van der Waals surface area contributed by atoms with E-state index in [0.29, 0.717) is 0 Å². The van der Waals surface area contributed by atoms with Gasteiger partial charge in [-0.15, -0.1) is 11.3 Å². The zero-order valence-electron chi connectivity index (χ0n) is 10.6. The monoisotopic (exact) mass is 261 g/mol. The van der Waals surface area contributed by atoms with Crippen molar-refractivity contribution in [1.82, 2.24) is 10.3 Å². The summed E-state index contributed by atoms with van der Waals surface area (Å²) in [4.78, 5) is 4.42. The zero-order chi connectivity index (χ0) is 12.8. The fraction of sp³-hybridized carbons (Fsp3) is 0.357. The molecule has 0 saturated heterocycles. The molecule has 0 aliphatic rings. The Morgan fingerprint density at radius 1 is 1.28 bits per heavy atom. The predicted octanol–water partition coefficient (Wildman–Crippen LogP) is 2.76. The van der Waals surface area contributed by atoms with Gasteiger partial charge in [0.2, 0.25) is 0 Å². The van der Waals surface area contributed by atoms with Gasteiger partial charge in [-0.1, -0.05) is 12.1 Å². The predicted molar refractivity (Wildman–Crippen MR) is 77.7 cm³/mol. The van der Waals surface area contributed by atoms with E-state index in [4.69, 9.17) is 5.73 Å². The van der Waals surface area contributed by atoms with E-state index in [2.05, 4.69) is 27.8 Å². The number of nitrogens with zero attached hydrogens (tertiary/aromatic N) is 1. The Bertz CT molecular complexity index is 476. The van der Waals surface area contributed by atoms with Gasteiger partial charge in [0, 0.05) is 17.6 Å². The van der Waals surface area contributed by atoms with Crippen LogP contribution in [0.25, 0.3) is 0 Å². The Labute approximate surface area is 112 Å². The van der Waals surface area contributed by atoms with E-state index in [9.17, 15) is 0 Å². The van der Waals surface area contributed by atoms with Gasteiger partial charge in [0.25, 0.3) is 0 Å².